The van der Waals surface area contributed by atoms with Crippen LogP contribution in [0.25, 0.3) is 22.4 Å². The molecule has 0 unspecified atom stereocenters. The molecule has 0 radical (unpaired) electrons. The smallest absolute Gasteiger partial charge is 0.419 e. The average Bonchev–Trinajstić information content (AvgIpc) is 3.38. The Morgan fingerprint density at radius 3 is 2.15 bits per heavy atom. The molecule has 2 N–H and O–H groups in total. The van der Waals surface area contributed by atoms with Crippen molar-refractivity contribution in [1.29, 1.82) is 0 Å². The van der Waals surface area contributed by atoms with Crippen molar-refractivity contribution in [3.05, 3.63) is 95.4 Å². The molecule has 3 aromatic carbocycles. The minimum Gasteiger partial charge on any atom is -0.488 e. The quantitative estimate of drug-likeness (QED) is 0.220. The van der Waals surface area contributed by atoms with Gasteiger partial charge in [0.2, 0.25) is 0 Å². The molecule has 0 aliphatic heterocycles. The van der Waals surface area contributed by atoms with Crippen LogP contribution in [0.4, 0.5) is 13.2 Å². The first-order valence-electron chi connectivity index (χ1n) is 12.3. The lowest BCUT2D eigenvalue weighted by molar-refractivity contribution is -0.139. The number of carbonyl (C=O) groups is 2. The van der Waals surface area contributed by atoms with Crippen LogP contribution in [0.5, 0.6) is 5.75 Å². The van der Waals surface area contributed by atoms with Gasteiger partial charge in [-0.1, -0.05) is 68.4 Å². The molecular formula is C30H27F3N2O5. The van der Waals surface area contributed by atoms with Crippen molar-refractivity contribution in [2.75, 3.05) is 7.11 Å². The number of ether oxygens (including phenoxy) is 2. The van der Waals surface area contributed by atoms with E-state index in [9.17, 15) is 27.9 Å². The SMILES string of the molecule is COC(=O)c1[nH]c(C(C)(C)CC(=O)O)nc1-c1ccc(OCc2ccc(-c3ccccc3)cc2)c(C(F)(F)F)c1. The zero-order chi connectivity index (χ0) is 29.1. The monoisotopic (exact) mass is 552 g/mol. The number of esters is 1. The fourth-order valence-corrected chi connectivity index (χ4v) is 4.22. The summed E-state index contributed by atoms with van der Waals surface area (Å²) in [7, 11) is 1.12. The Morgan fingerprint density at radius 1 is 0.925 bits per heavy atom. The number of alkyl halides is 3. The lowest BCUT2D eigenvalue weighted by Gasteiger charge is -2.19. The number of halogens is 3. The molecular weight excluding hydrogens is 525 g/mol. The van der Waals surface area contributed by atoms with Gasteiger partial charge < -0.3 is 19.6 Å². The maximum absolute atomic E-state index is 14.1. The lowest BCUT2D eigenvalue weighted by Crippen LogP contribution is -2.23. The molecule has 0 aliphatic carbocycles. The highest BCUT2D eigenvalue weighted by molar-refractivity contribution is 5.94. The Hall–Kier alpha value is -4.60. The number of aromatic nitrogens is 2. The molecule has 0 amide bonds. The van der Waals surface area contributed by atoms with Crippen molar-refractivity contribution in [1.82, 2.24) is 9.97 Å². The number of imidazole rings is 1. The average molecular weight is 553 g/mol. The van der Waals surface area contributed by atoms with E-state index in [2.05, 4.69) is 9.97 Å². The number of rotatable bonds is 9. The Balaban J connectivity index is 1.65. The summed E-state index contributed by atoms with van der Waals surface area (Å²) < 4.78 is 52.7. The number of benzene rings is 3. The molecule has 0 fully saturated rings. The van der Waals surface area contributed by atoms with Gasteiger partial charge in [0.05, 0.1) is 19.1 Å². The topological polar surface area (TPSA) is 102 Å². The third kappa shape index (κ3) is 6.33. The summed E-state index contributed by atoms with van der Waals surface area (Å²) in [4.78, 5) is 30.8. The first kappa shape index (κ1) is 28.4. The maximum Gasteiger partial charge on any atom is 0.419 e. The highest BCUT2D eigenvalue weighted by atomic mass is 19.4. The number of methoxy groups -OCH3 is 1. The van der Waals surface area contributed by atoms with E-state index in [-0.39, 0.29) is 41.6 Å². The van der Waals surface area contributed by atoms with E-state index in [0.29, 0.717) is 5.56 Å². The molecule has 40 heavy (non-hydrogen) atoms. The third-order valence-corrected chi connectivity index (χ3v) is 6.34. The summed E-state index contributed by atoms with van der Waals surface area (Å²) in [6, 6.07) is 20.4. The van der Waals surface area contributed by atoms with Crippen molar-refractivity contribution >= 4 is 11.9 Å². The number of carboxylic acids is 1. The highest BCUT2D eigenvalue weighted by Gasteiger charge is 2.36. The molecule has 0 saturated carbocycles. The van der Waals surface area contributed by atoms with E-state index in [1.54, 1.807) is 26.0 Å². The summed E-state index contributed by atoms with van der Waals surface area (Å²) in [6.45, 7) is 3.09. The van der Waals surface area contributed by atoms with E-state index >= 15 is 0 Å². The number of aromatic amines is 1. The van der Waals surface area contributed by atoms with Crippen LogP contribution in [0, 0.1) is 0 Å². The highest BCUT2D eigenvalue weighted by Crippen LogP contribution is 2.40. The molecule has 4 rings (SSSR count). The Labute approximate surface area is 228 Å². The van der Waals surface area contributed by atoms with E-state index in [1.807, 2.05) is 42.5 Å². The predicted octanol–water partition coefficient (Wildman–Crippen LogP) is 6.88. The minimum absolute atomic E-state index is 0.0130. The van der Waals surface area contributed by atoms with Crippen LogP contribution in [0.15, 0.2) is 72.8 Å². The lowest BCUT2D eigenvalue weighted by atomic mass is 9.88. The van der Waals surface area contributed by atoms with Gasteiger partial charge in [-0.15, -0.1) is 0 Å². The standard InChI is InChI=1S/C30H27F3N2O5/c1-29(2,16-24(36)37)28-34-25(26(35-28)27(38)39-3)21-13-14-23(22(15-21)30(31,32)33)40-17-18-9-11-20(12-10-18)19-7-5-4-6-8-19/h4-15H,16-17H2,1-3H3,(H,34,35)(H,36,37). The number of nitrogens with one attached hydrogen (secondary N) is 1. The molecule has 0 atom stereocenters. The molecule has 10 heteroatoms. The molecule has 0 saturated heterocycles. The molecule has 0 spiro atoms. The molecule has 1 aromatic heterocycles. The van der Waals surface area contributed by atoms with Gasteiger partial charge in [-0.3, -0.25) is 4.79 Å². The van der Waals surface area contributed by atoms with Gasteiger partial charge in [0.15, 0.2) is 5.69 Å². The predicted molar refractivity (Wildman–Crippen MR) is 142 cm³/mol. The fraction of sp³-hybridized carbons (Fsp3) is 0.233. The van der Waals surface area contributed by atoms with Crippen molar-refractivity contribution in [3.8, 4) is 28.1 Å². The van der Waals surface area contributed by atoms with Gasteiger partial charge in [-0.2, -0.15) is 13.2 Å². The maximum atomic E-state index is 14.1. The second kappa shape index (κ2) is 11.3. The fourth-order valence-electron chi connectivity index (χ4n) is 4.22. The van der Waals surface area contributed by atoms with E-state index in [0.717, 1.165) is 24.3 Å². The van der Waals surface area contributed by atoms with Crippen LogP contribution in [0.2, 0.25) is 0 Å². The number of aliphatic carboxylic acids is 1. The van der Waals surface area contributed by atoms with Crippen LogP contribution in [-0.4, -0.2) is 34.1 Å². The molecule has 7 nitrogen and oxygen atoms in total. The largest absolute Gasteiger partial charge is 0.488 e. The van der Waals surface area contributed by atoms with E-state index in [1.165, 1.54) is 12.1 Å². The van der Waals surface area contributed by atoms with Gasteiger partial charge in [0.1, 0.15) is 23.9 Å². The van der Waals surface area contributed by atoms with Gasteiger partial charge >= 0.3 is 18.1 Å². The van der Waals surface area contributed by atoms with E-state index in [4.69, 9.17) is 9.47 Å². The van der Waals surface area contributed by atoms with Crippen molar-refractivity contribution in [2.24, 2.45) is 0 Å². The number of nitrogens with zero attached hydrogens (tertiary/aromatic N) is 1. The van der Waals surface area contributed by atoms with Crippen LogP contribution >= 0.6 is 0 Å². The Kier molecular flexibility index (Phi) is 7.99. The Morgan fingerprint density at radius 2 is 1.55 bits per heavy atom. The van der Waals surface area contributed by atoms with Crippen molar-refractivity contribution in [2.45, 2.75) is 38.5 Å². The zero-order valence-electron chi connectivity index (χ0n) is 22.0. The summed E-state index contributed by atoms with van der Waals surface area (Å²) in [5.74, 6) is -2.21. The zero-order valence-corrected chi connectivity index (χ0v) is 22.0. The summed E-state index contributed by atoms with van der Waals surface area (Å²) in [5, 5.41) is 9.24. The second-order valence-electron chi connectivity index (χ2n) is 9.82. The van der Waals surface area contributed by atoms with E-state index < -0.39 is 29.1 Å². The normalized spacial score (nSPS) is 11.8. The summed E-state index contributed by atoms with van der Waals surface area (Å²) in [5.41, 5.74) is 0.295. The third-order valence-electron chi connectivity index (χ3n) is 6.34. The number of hydrogen-bond acceptors (Lipinski definition) is 5. The van der Waals surface area contributed by atoms with Crippen molar-refractivity contribution in [3.63, 3.8) is 0 Å². The molecule has 1 heterocycles. The number of H-pyrrole nitrogens is 1. The number of hydrogen-bond donors (Lipinski definition) is 2. The number of carboxylic acid groups (broad SMARTS) is 1. The van der Waals surface area contributed by atoms with Crippen molar-refractivity contribution < 1.29 is 37.3 Å². The molecule has 0 aliphatic rings. The van der Waals surface area contributed by atoms with Crippen LogP contribution in [-0.2, 0) is 27.7 Å². The molecule has 4 aromatic rings. The van der Waals surface area contributed by atoms with Crippen LogP contribution in [0.1, 0.15) is 47.7 Å². The first-order valence-corrected chi connectivity index (χ1v) is 12.3. The van der Waals surface area contributed by atoms with Gasteiger partial charge in [0, 0.05) is 11.0 Å². The van der Waals surface area contributed by atoms with Crippen LogP contribution < -0.4 is 4.74 Å². The first-order chi connectivity index (χ1) is 18.9. The number of carbonyl (C=O) groups excluding carboxylic acids is 1. The van der Waals surface area contributed by atoms with Gasteiger partial charge in [-0.25, -0.2) is 9.78 Å². The van der Waals surface area contributed by atoms with Gasteiger partial charge in [0.25, 0.3) is 0 Å². The molecule has 208 valence electrons. The minimum atomic E-state index is -4.77. The van der Waals surface area contributed by atoms with Crippen LogP contribution in [0.3, 0.4) is 0 Å². The summed E-state index contributed by atoms with van der Waals surface area (Å²) in [6.07, 6.45) is -5.09. The molecule has 0 bridgehead atoms. The Bertz CT molecular complexity index is 1510. The second-order valence-corrected chi connectivity index (χ2v) is 9.82. The summed E-state index contributed by atoms with van der Waals surface area (Å²) >= 11 is 0. The van der Waals surface area contributed by atoms with Gasteiger partial charge in [-0.05, 0) is 34.9 Å².